The van der Waals surface area contributed by atoms with Crippen LogP contribution < -0.4 is 0 Å². The van der Waals surface area contributed by atoms with Gasteiger partial charge < -0.3 is 0 Å². The van der Waals surface area contributed by atoms with Crippen LogP contribution in [0.4, 0.5) is 3.89 Å². The summed E-state index contributed by atoms with van der Waals surface area (Å²) >= 11 is 0. The molecule has 0 aliphatic carbocycles. The van der Waals surface area contributed by atoms with Gasteiger partial charge in [0.05, 0.1) is 9.79 Å². The zero-order chi connectivity index (χ0) is 15.6. The lowest BCUT2D eigenvalue weighted by Crippen LogP contribution is -2.34. The van der Waals surface area contributed by atoms with Crippen LogP contribution >= 0.6 is 0 Å². The second kappa shape index (κ2) is 6.19. The number of sulfonamides is 1. The molecule has 0 amide bonds. The van der Waals surface area contributed by atoms with Crippen molar-refractivity contribution in [3.05, 3.63) is 24.3 Å². The molecule has 0 heterocycles. The summed E-state index contributed by atoms with van der Waals surface area (Å²) in [6, 6.07) is 4.10. The summed E-state index contributed by atoms with van der Waals surface area (Å²) in [5, 5.41) is 0. The third-order valence-electron chi connectivity index (χ3n) is 2.66. The molecule has 0 saturated carbocycles. The minimum atomic E-state index is -4.82. The molecule has 0 spiro atoms. The molecule has 0 aliphatic rings. The first-order valence-corrected chi connectivity index (χ1v) is 8.96. The van der Waals surface area contributed by atoms with E-state index in [0.29, 0.717) is 13.1 Å². The molecule has 5 nitrogen and oxygen atoms in total. The topological polar surface area (TPSA) is 71.5 Å². The average molecular weight is 323 g/mol. The lowest BCUT2D eigenvalue weighted by Gasteiger charge is -2.22. The normalized spacial score (nSPS) is 13.1. The largest absolute Gasteiger partial charge is 0.332 e. The van der Waals surface area contributed by atoms with Crippen molar-refractivity contribution in [3.8, 4) is 0 Å². The van der Waals surface area contributed by atoms with Gasteiger partial charge in [0.25, 0.3) is 0 Å². The molecule has 0 fully saturated rings. The maximum Gasteiger partial charge on any atom is 0.332 e. The molecular formula is C12H18FNO4S2. The summed E-state index contributed by atoms with van der Waals surface area (Å²) in [6.07, 6.45) is 0. The molecule has 1 aromatic rings. The van der Waals surface area contributed by atoms with E-state index in [2.05, 4.69) is 0 Å². The van der Waals surface area contributed by atoms with Crippen LogP contribution in [-0.2, 0) is 20.2 Å². The van der Waals surface area contributed by atoms with Crippen LogP contribution in [0.15, 0.2) is 34.1 Å². The average Bonchev–Trinajstić information content (AvgIpc) is 2.34. The summed E-state index contributed by atoms with van der Waals surface area (Å²) < 4.78 is 60.2. The van der Waals surface area contributed by atoms with Crippen molar-refractivity contribution in [1.82, 2.24) is 4.31 Å². The molecule has 1 rings (SSSR count). The van der Waals surface area contributed by atoms with Crippen molar-refractivity contribution < 1.29 is 20.7 Å². The molecule has 114 valence electrons. The third kappa shape index (κ3) is 4.00. The highest BCUT2D eigenvalue weighted by Crippen LogP contribution is 2.20. The number of hydrogen-bond donors (Lipinski definition) is 0. The molecule has 0 N–H and O–H groups in total. The van der Waals surface area contributed by atoms with Crippen molar-refractivity contribution in [1.29, 1.82) is 0 Å². The Balaban J connectivity index is 3.16. The fourth-order valence-electron chi connectivity index (χ4n) is 1.73. The SMILES string of the molecule is CCN(CC(C)C)S(=O)(=O)c1ccc(S(=O)(=O)F)cc1. The zero-order valence-electron chi connectivity index (χ0n) is 11.6. The molecule has 0 atom stereocenters. The first-order chi connectivity index (χ1) is 9.09. The molecular weight excluding hydrogens is 305 g/mol. The number of rotatable bonds is 6. The number of halogens is 1. The Morgan fingerprint density at radius 2 is 1.50 bits per heavy atom. The van der Waals surface area contributed by atoms with Gasteiger partial charge in [-0.05, 0) is 30.2 Å². The van der Waals surface area contributed by atoms with Crippen molar-refractivity contribution in [2.45, 2.75) is 30.6 Å². The van der Waals surface area contributed by atoms with Gasteiger partial charge in [-0.3, -0.25) is 0 Å². The van der Waals surface area contributed by atoms with Crippen molar-refractivity contribution >= 4 is 20.2 Å². The molecule has 0 aliphatic heterocycles. The van der Waals surface area contributed by atoms with Gasteiger partial charge in [-0.15, -0.1) is 3.89 Å². The van der Waals surface area contributed by atoms with Gasteiger partial charge in [-0.25, -0.2) is 8.42 Å². The highest BCUT2D eigenvalue weighted by molar-refractivity contribution is 7.89. The van der Waals surface area contributed by atoms with Gasteiger partial charge in [0.2, 0.25) is 10.0 Å². The Labute approximate surface area is 119 Å². The second-order valence-electron chi connectivity index (χ2n) is 4.76. The monoisotopic (exact) mass is 323 g/mol. The Hall–Kier alpha value is -0.990. The second-order valence-corrected chi connectivity index (χ2v) is 8.04. The minimum Gasteiger partial charge on any atom is -0.207 e. The summed E-state index contributed by atoms with van der Waals surface area (Å²) in [7, 11) is -8.51. The lowest BCUT2D eigenvalue weighted by atomic mass is 10.2. The van der Waals surface area contributed by atoms with E-state index in [9.17, 15) is 20.7 Å². The lowest BCUT2D eigenvalue weighted by molar-refractivity contribution is 0.381. The molecule has 0 radical (unpaired) electrons. The Bertz CT molecular complexity index is 651. The molecule has 0 saturated heterocycles. The van der Waals surface area contributed by atoms with E-state index >= 15 is 0 Å². The van der Waals surface area contributed by atoms with E-state index in [-0.39, 0.29) is 10.8 Å². The summed E-state index contributed by atoms with van der Waals surface area (Å²) in [6.45, 7) is 6.19. The van der Waals surface area contributed by atoms with Crippen molar-refractivity contribution in [3.63, 3.8) is 0 Å². The maximum absolute atomic E-state index is 12.8. The Morgan fingerprint density at radius 3 is 1.85 bits per heavy atom. The zero-order valence-corrected chi connectivity index (χ0v) is 13.2. The molecule has 8 heteroatoms. The quantitative estimate of drug-likeness (QED) is 0.751. The summed E-state index contributed by atoms with van der Waals surface area (Å²) in [5.41, 5.74) is 0. The van der Waals surface area contributed by atoms with Crippen LogP contribution in [0.3, 0.4) is 0 Å². The van der Waals surface area contributed by atoms with E-state index in [1.165, 1.54) is 4.31 Å². The summed E-state index contributed by atoms with van der Waals surface area (Å²) in [5.74, 6) is 0.162. The van der Waals surface area contributed by atoms with Crippen LogP contribution in [-0.4, -0.2) is 34.2 Å². The molecule has 0 bridgehead atoms. The van der Waals surface area contributed by atoms with Crippen molar-refractivity contribution in [2.24, 2.45) is 5.92 Å². The molecule has 20 heavy (non-hydrogen) atoms. The molecule has 0 unspecified atom stereocenters. The third-order valence-corrected chi connectivity index (χ3v) is 5.45. The first-order valence-electron chi connectivity index (χ1n) is 6.14. The van der Waals surface area contributed by atoms with Crippen LogP contribution in [0.5, 0.6) is 0 Å². The van der Waals surface area contributed by atoms with Crippen LogP contribution in [0.25, 0.3) is 0 Å². The van der Waals surface area contributed by atoms with Crippen LogP contribution in [0.2, 0.25) is 0 Å². The van der Waals surface area contributed by atoms with E-state index < -0.39 is 25.1 Å². The Morgan fingerprint density at radius 1 is 1.05 bits per heavy atom. The van der Waals surface area contributed by atoms with Gasteiger partial charge in [-0.1, -0.05) is 20.8 Å². The van der Waals surface area contributed by atoms with Gasteiger partial charge in [0, 0.05) is 13.1 Å². The highest BCUT2D eigenvalue weighted by atomic mass is 32.3. The van der Waals surface area contributed by atoms with Crippen LogP contribution in [0, 0.1) is 5.92 Å². The fraction of sp³-hybridized carbons (Fsp3) is 0.500. The number of nitrogens with zero attached hydrogens (tertiary/aromatic N) is 1. The van der Waals surface area contributed by atoms with Gasteiger partial charge in [-0.2, -0.15) is 12.7 Å². The van der Waals surface area contributed by atoms with E-state index in [1.54, 1.807) is 6.92 Å². The standard InChI is InChI=1S/C12H18FNO4S2/c1-4-14(9-10(2)3)20(17,18)12-7-5-11(6-8-12)19(13,15)16/h5-8,10H,4,9H2,1-3H3. The number of hydrogen-bond acceptors (Lipinski definition) is 4. The molecule has 0 aromatic heterocycles. The van der Waals surface area contributed by atoms with Gasteiger partial charge >= 0.3 is 10.2 Å². The van der Waals surface area contributed by atoms with Crippen molar-refractivity contribution in [2.75, 3.05) is 13.1 Å². The van der Waals surface area contributed by atoms with Gasteiger partial charge in [0.15, 0.2) is 0 Å². The summed E-state index contributed by atoms with van der Waals surface area (Å²) in [4.78, 5) is -0.601. The van der Waals surface area contributed by atoms with Crippen LogP contribution in [0.1, 0.15) is 20.8 Å². The predicted octanol–water partition coefficient (Wildman–Crippen LogP) is 2.01. The number of benzene rings is 1. The van der Waals surface area contributed by atoms with E-state index in [1.807, 2.05) is 13.8 Å². The van der Waals surface area contributed by atoms with E-state index in [0.717, 1.165) is 24.3 Å². The fourth-order valence-corrected chi connectivity index (χ4v) is 3.80. The smallest absolute Gasteiger partial charge is 0.207 e. The first kappa shape index (κ1) is 17.1. The molecule has 1 aromatic carbocycles. The Kier molecular flexibility index (Phi) is 5.28. The predicted molar refractivity (Wildman–Crippen MR) is 74.0 cm³/mol. The maximum atomic E-state index is 12.8. The highest BCUT2D eigenvalue weighted by Gasteiger charge is 2.24. The van der Waals surface area contributed by atoms with E-state index in [4.69, 9.17) is 0 Å². The minimum absolute atomic E-state index is 0.0487. The van der Waals surface area contributed by atoms with Gasteiger partial charge in [0.1, 0.15) is 0 Å².